The smallest absolute Gasteiger partial charge is 0.192 e. The van der Waals surface area contributed by atoms with Gasteiger partial charge in [-0.3, -0.25) is 0 Å². The maximum Gasteiger partial charge on any atom is 0.192 e. The normalized spacial score (nSPS) is 20.5. The first-order chi connectivity index (χ1) is 6.21. The zero-order valence-electron chi connectivity index (χ0n) is 7.62. The Morgan fingerprint density at radius 3 is 2.23 bits per heavy atom. The van der Waals surface area contributed by atoms with Gasteiger partial charge in [0.1, 0.15) is 0 Å². The van der Waals surface area contributed by atoms with Gasteiger partial charge in [-0.25, -0.2) is 0 Å². The molecule has 0 saturated carbocycles. The van der Waals surface area contributed by atoms with Crippen molar-refractivity contribution < 1.29 is 9.47 Å². The molecule has 1 saturated heterocycles. The van der Waals surface area contributed by atoms with Crippen molar-refractivity contribution >= 4 is 14.5 Å². The number of ether oxygens (including phenoxy) is 2. The molecule has 1 aliphatic heterocycles. The fraction of sp³-hybridized carbons (Fsp3) is 0.400. The molecule has 0 amide bonds. The predicted octanol–water partition coefficient (Wildman–Crippen LogP) is 1.41. The van der Waals surface area contributed by atoms with E-state index in [-0.39, 0.29) is 0 Å². The van der Waals surface area contributed by atoms with Gasteiger partial charge in [-0.2, -0.15) is 0 Å². The molecule has 2 nitrogen and oxygen atoms in total. The van der Waals surface area contributed by atoms with E-state index in [4.69, 9.17) is 9.47 Å². The average Bonchev–Trinajstić information content (AvgIpc) is 2.54. The fourth-order valence-corrected chi connectivity index (χ4v) is 1.66. The summed E-state index contributed by atoms with van der Waals surface area (Å²) in [6, 6.07) is 8.15. The molecular weight excluding hydrogens is 183 g/mol. The quantitative estimate of drug-likeness (QED) is 0.632. The van der Waals surface area contributed by atoms with Crippen LogP contribution in [0.25, 0.3) is 0 Å². The summed E-state index contributed by atoms with van der Waals surface area (Å²) >= 11 is 0. The van der Waals surface area contributed by atoms with Crippen LogP contribution in [0.15, 0.2) is 24.3 Å². The summed E-state index contributed by atoms with van der Waals surface area (Å²) in [5.41, 5.74) is 1.08. The molecule has 1 aliphatic rings. The molecule has 1 unspecified atom stereocenters. The molecule has 1 aromatic rings. The number of rotatable bonds is 1. The van der Waals surface area contributed by atoms with Gasteiger partial charge in [-0.15, -0.1) is 9.24 Å². The molecule has 0 radical (unpaired) electrons. The van der Waals surface area contributed by atoms with Crippen molar-refractivity contribution in [1.29, 1.82) is 0 Å². The number of hydrogen-bond acceptors (Lipinski definition) is 2. The molecule has 0 bridgehead atoms. The van der Waals surface area contributed by atoms with E-state index in [9.17, 15) is 0 Å². The highest BCUT2D eigenvalue weighted by Crippen LogP contribution is 2.30. The molecule has 3 heteroatoms. The molecule has 0 aliphatic carbocycles. The van der Waals surface area contributed by atoms with E-state index in [0.717, 1.165) is 5.56 Å². The first kappa shape index (κ1) is 9.14. The average molecular weight is 196 g/mol. The Hall–Kier alpha value is -0.430. The van der Waals surface area contributed by atoms with Gasteiger partial charge in [0.25, 0.3) is 0 Å². The van der Waals surface area contributed by atoms with E-state index >= 15 is 0 Å². The molecule has 2 rings (SSSR count). The van der Waals surface area contributed by atoms with Crippen molar-refractivity contribution in [1.82, 2.24) is 0 Å². The minimum Gasteiger partial charge on any atom is -0.344 e. The lowest BCUT2D eigenvalue weighted by Crippen LogP contribution is -2.22. The molecular formula is C10H13O2P. The van der Waals surface area contributed by atoms with E-state index in [1.54, 1.807) is 0 Å². The third-order valence-corrected chi connectivity index (χ3v) is 2.66. The molecule has 0 aromatic heterocycles. The predicted molar refractivity (Wildman–Crippen MR) is 55.0 cm³/mol. The van der Waals surface area contributed by atoms with Gasteiger partial charge in [-0.05, 0) is 12.2 Å². The summed E-state index contributed by atoms with van der Waals surface area (Å²) in [5.74, 6) is -0.529. The largest absolute Gasteiger partial charge is 0.344 e. The van der Waals surface area contributed by atoms with Crippen LogP contribution >= 0.6 is 9.24 Å². The summed E-state index contributed by atoms with van der Waals surface area (Å²) in [6.07, 6.45) is 0. The minimum atomic E-state index is -0.529. The van der Waals surface area contributed by atoms with E-state index in [1.165, 1.54) is 5.30 Å². The topological polar surface area (TPSA) is 18.5 Å². The zero-order chi connectivity index (χ0) is 9.31. The van der Waals surface area contributed by atoms with Crippen LogP contribution in [0.3, 0.4) is 0 Å². The molecule has 1 fully saturated rings. The van der Waals surface area contributed by atoms with Gasteiger partial charge in [0, 0.05) is 5.56 Å². The first-order valence-corrected chi connectivity index (χ1v) is 4.92. The standard InChI is InChI=1S/C10H13O2P/c1-10(11-6-7-12-10)8-2-4-9(13)5-3-8/h2-5H,6-7,13H2,1H3. The molecule has 13 heavy (non-hydrogen) atoms. The third kappa shape index (κ3) is 1.76. The van der Waals surface area contributed by atoms with Crippen LogP contribution in [0, 0.1) is 0 Å². The second-order valence-corrected chi connectivity index (χ2v) is 3.93. The van der Waals surface area contributed by atoms with Crippen LogP contribution in [-0.4, -0.2) is 13.2 Å². The molecule has 1 aromatic carbocycles. The van der Waals surface area contributed by atoms with Crippen LogP contribution in [-0.2, 0) is 15.3 Å². The highest BCUT2D eigenvalue weighted by molar-refractivity contribution is 7.27. The van der Waals surface area contributed by atoms with Crippen LogP contribution in [0.4, 0.5) is 0 Å². The second-order valence-electron chi connectivity index (χ2n) is 3.26. The lowest BCUT2D eigenvalue weighted by molar-refractivity contribution is -0.149. The van der Waals surface area contributed by atoms with E-state index < -0.39 is 5.79 Å². The van der Waals surface area contributed by atoms with E-state index in [2.05, 4.69) is 9.24 Å². The molecule has 0 N–H and O–H groups in total. The van der Waals surface area contributed by atoms with Gasteiger partial charge in [-0.1, -0.05) is 24.3 Å². The van der Waals surface area contributed by atoms with Crippen LogP contribution < -0.4 is 5.30 Å². The Morgan fingerprint density at radius 1 is 1.15 bits per heavy atom. The maximum absolute atomic E-state index is 5.54. The SMILES string of the molecule is CC1(c2ccc(P)cc2)OCCO1. The van der Waals surface area contributed by atoms with Crippen LogP contribution in [0.1, 0.15) is 12.5 Å². The lowest BCUT2D eigenvalue weighted by atomic mass is 10.1. The van der Waals surface area contributed by atoms with Gasteiger partial charge in [0.05, 0.1) is 13.2 Å². The minimum absolute atomic E-state index is 0.529. The first-order valence-electron chi connectivity index (χ1n) is 4.35. The van der Waals surface area contributed by atoms with Crippen molar-refractivity contribution in [2.45, 2.75) is 12.7 Å². The van der Waals surface area contributed by atoms with E-state index in [0.29, 0.717) is 13.2 Å². The number of hydrogen-bond donors (Lipinski definition) is 0. The summed E-state index contributed by atoms with van der Waals surface area (Å²) in [5, 5.41) is 1.17. The Morgan fingerprint density at radius 2 is 1.69 bits per heavy atom. The molecule has 0 spiro atoms. The Labute approximate surface area is 80.4 Å². The summed E-state index contributed by atoms with van der Waals surface area (Å²) < 4.78 is 11.1. The number of benzene rings is 1. The van der Waals surface area contributed by atoms with Gasteiger partial charge in [0.15, 0.2) is 5.79 Å². The van der Waals surface area contributed by atoms with E-state index in [1.807, 2.05) is 31.2 Å². The van der Waals surface area contributed by atoms with Gasteiger partial charge < -0.3 is 9.47 Å². The molecule has 1 heterocycles. The van der Waals surface area contributed by atoms with Crippen molar-refractivity contribution in [3.63, 3.8) is 0 Å². The zero-order valence-corrected chi connectivity index (χ0v) is 8.77. The van der Waals surface area contributed by atoms with Gasteiger partial charge in [0.2, 0.25) is 0 Å². The van der Waals surface area contributed by atoms with Gasteiger partial charge >= 0.3 is 0 Å². The summed E-state index contributed by atoms with van der Waals surface area (Å²) in [7, 11) is 2.66. The lowest BCUT2D eigenvalue weighted by Gasteiger charge is -2.22. The second kappa shape index (κ2) is 3.38. The highest BCUT2D eigenvalue weighted by atomic mass is 31.0. The third-order valence-electron chi connectivity index (χ3n) is 2.27. The molecule has 1 atom stereocenters. The maximum atomic E-state index is 5.54. The van der Waals surface area contributed by atoms with Crippen molar-refractivity contribution in [2.75, 3.05) is 13.2 Å². The summed E-state index contributed by atoms with van der Waals surface area (Å²) in [6.45, 7) is 3.32. The molecule has 70 valence electrons. The fourth-order valence-electron chi connectivity index (χ4n) is 1.47. The van der Waals surface area contributed by atoms with Crippen molar-refractivity contribution in [2.24, 2.45) is 0 Å². The Bertz CT molecular complexity index is 288. The van der Waals surface area contributed by atoms with Crippen molar-refractivity contribution in [3.05, 3.63) is 29.8 Å². The monoisotopic (exact) mass is 196 g/mol. The van der Waals surface area contributed by atoms with Crippen LogP contribution in [0.5, 0.6) is 0 Å². The Kier molecular flexibility index (Phi) is 2.37. The van der Waals surface area contributed by atoms with Crippen LogP contribution in [0.2, 0.25) is 0 Å². The highest BCUT2D eigenvalue weighted by Gasteiger charge is 2.32. The van der Waals surface area contributed by atoms with Crippen molar-refractivity contribution in [3.8, 4) is 0 Å². The summed E-state index contributed by atoms with van der Waals surface area (Å²) in [4.78, 5) is 0. The Balaban J connectivity index is 2.29.